The van der Waals surface area contributed by atoms with E-state index in [-0.39, 0.29) is 18.3 Å². The van der Waals surface area contributed by atoms with E-state index in [1.807, 2.05) is 13.8 Å². The molecule has 2 amide bonds. The van der Waals surface area contributed by atoms with Gasteiger partial charge < -0.3 is 21.5 Å². The Morgan fingerprint density at radius 1 is 1.20 bits per heavy atom. The van der Waals surface area contributed by atoms with Gasteiger partial charge in [0.1, 0.15) is 0 Å². The number of aliphatic hydroxyl groups excluding tert-OH is 1. The summed E-state index contributed by atoms with van der Waals surface area (Å²) in [4.78, 5) is 23.4. The molecule has 120 valence electrons. The van der Waals surface area contributed by atoms with Crippen LogP contribution in [0.5, 0.6) is 0 Å². The zero-order valence-electron chi connectivity index (χ0n) is 12.7. The van der Waals surface area contributed by atoms with Crippen molar-refractivity contribution in [1.29, 1.82) is 0 Å². The van der Waals surface area contributed by atoms with Crippen molar-refractivity contribution in [3.8, 4) is 0 Å². The molecule has 0 radical (unpaired) electrons. The maximum absolute atomic E-state index is 11.9. The van der Waals surface area contributed by atoms with E-state index in [2.05, 4.69) is 10.6 Å². The van der Waals surface area contributed by atoms with Crippen molar-refractivity contribution in [1.82, 2.24) is 10.6 Å². The van der Waals surface area contributed by atoms with Crippen molar-refractivity contribution in [3.05, 3.63) is 0 Å². The molecule has 0 aliphatic carbocycles. The van der Waals surface area contributed by atoms with Crippen molar-refractivity contribution < 1.29 is 14.7 Å². The molecule has 0 aromatic rings. The first-order valence-corrected chi connectivity index (χ1v) is 6.85. The lowest BCUT2D eigenvalue weighted by Gasteiger charge is -2.24. The third kappa shape index (κ3) is 7.67. The Balaban J connectivity index is 0. The van der Waals surface area contributed by atoms with Crippen LogP contribution in [0, 0.1) is 5.92 Å². The quantitative estimate of drug-likeness (QED) is 0.513. The summed E-state index contributed by atoms with van der Waals surface area (Å²) in [5.74, 6) is -0.495. The van der Waals surface area contributed by atoms with Gasteiger partial charge in [0.25, 0.3) is 5.91 Å². The molecule has 0 bridgehead atoms. The molecule has 20 heavy (non-hydrogen) atoms. The van der Waals surface area contributed by atoms with Crippen LogP contribution >= 0.6 is 12.4 Å². The Labute approximate surface area is 127 Å². The SMILES string of the molecule is CCNC(=O)C(O)[C@@H](CC)NC(=O)[C@@H](N)CC(C)C.Cl. The number of carbonyl (C=O) groups excluding carboxylic acids is 2. The molecule has 0 aromatic carbocycles. The number of amides is 2. The zero-order chi connectivity index (χ0) is 15.0. The van der Waals surface area contributed by atoms with Crippen molar-refractivity contribution in [2.45, 2.75) is 58.7 Å². The molecule has 7 heteroatoms. The van der Waals surface area contributed by atoms with Gasteiger partial charge in [-0.05, 0) is 25.7 Å². The number of rotatable bonds is 8. The minimum absolute atomic E-state index is 0. The molecule has 1 unspecified atom stereocenters. The lowest BCUT2D eigenvalue weighted by molar-refractivity contribution is -0.132. The molecule has 0 spiro atoms. The van der Waals surface area contributed by atoms with E-state index in [9.17, 15) is 14.7 Å². The van der Waals surface area contributed by atoms with Gasteiger partial charge in [0.2, 0.25) is 5.91 Å². The number of halogens is 1. The van der Waals surface area contributed by atoms with Crippen LogP contribution in [0.15, 0.2) is 0 Å². The second-order valence-electron chi connectivity index (χ2n) is 5.10. The second-order valence-corrected chi connectivity index (χ2v) is 5.10. The van der Waals surface area contributed by atoms with E-state index in [0.29, 0.717) is 25.3 Å². The molecule has 0 fully saturated rings. The third-order valence-electron chi connectivity index (χ3n) is 2.83. The van der Waals surface area contributed by atoms with Crippen LogP contribution in [0.4, 0.5) is 0 Å². The molecule has 5 N–H and O–H groups in total. The highest BCUT2D eigenvalue weighted by Crippen LogP contribution is 2.05. The molecule has 0 saturated heterocycles. The molecular formula is C13H28ClN3O3. The molecular weight excluding hydrogens is 282 g/mol. The fraction of sp³-hybridized carbons (Fsp3) is 0.846. The Hall–Kier alpha value is -0.850. The number of carbonyl (C=O) groups is 2. The maximum atomic E-state index is 11.9. The van der Waals surface area contributed by atoms with Gasteiger partial charge in [-0.1, -0.05) is 20.8 Å². The monoisotopic (exact) mass is 309 g/mol. The highest BCUT2D eigenvalue weighted by Gasteiger charge is 2.27. The lowest BCUT2D eigenvalue weighted by atomic mass is 10.0. The molecule has 0 aromatic heterocycles. The van der Waals surface area contributed by atoms with Crippen LogP contribution in [0.2, 0.25) is 0 Å². The smallest absolute Gasteiger partial charge is 0.250 e. The van der Waals surface area contributed by atoms with Gasteiger partial charge in [-0.3, -0.25) is 9.59 Å². The summed E-state index contributed by atoms with van der Waals surface area (Å²) in [6.45, 7) is 7.96. The highest BCUT2D eigenvalue weighted by atomic mass is 35.5. The predicted molar refractivity (Wildman–Crippen MR) is 81.6 cm³/mol. The first-order chi connectivity index (χ1) is 8.83. The Morgan fingerprint density at radius 3 is 2.15 bits per heavy atom. The number of likely N-dealkylation sites (N-methyl/N-ethyl adjacent to an activating group) is 1. The average molecular weight is 310 g/mol. The van der Waals surface area contributed by atoms with Crippen LogP contribution < -0.4 is 16.4 Å². The minimum atomic E-state index is -1.25. The summed E-state index contributed by atoms with van der Waals surface area (Å²) in [6.07, 6.45) is -0.224. The van der Waals surface area contributed by atoms with Crippen LogP contribution in [0.3, 0.4) is 0 Å². The molecule has 0 aliphatic heterocycles. The molecule has 0 rings (SSSR count). The van der Waals surface area contributed by atoms with Gasteiger partial charge in [0.15, 0.2) is 6.10 Å². The first kappa shape index (κ1) is 21.4. The van der Waals surface area contributed by atoms with E-state index >= 15 is 0 Å². The van der Waals surface area contributed by atoms with Gasteiger partial charge in [-0.25, -0.2) is 0 Å². The summed E-state index contributed by atoms with van der Waals surface area (Å²) in [6, 6.07) is -1.23. The van der Waals surface area contributed by atoms with Crippen molar-refractivity contribution in [2.24, 2.45) is 11.7 Å². The topological polar surface area (TPSA) is 104 Å². The fourth-order valence-corrected chi connectivity index (χ4v) is 1.77. The zero-order valence-corrected chi connectivity index (χ0v) is 13.5. The molecule has 0 saturated carbocycles. The van der Waals surface area contributed by atoms with Crippen molar-refractivity contribution >= 4 is 24.2 Å². The lowest BCUT2D eigenvalue weighted by Crippen LogP contribution is -2.53. The number of hydrogen-bond acceptors (Lipinski definition) is 4. The normalized spacial score (nSPS) is 14.9. The van der Waals surface area contributed by atoms with Crippen molar-refractivity contribution in [3.63, 3.8) is 0 Å². The van der Waals surface area contributed by atoms with Crippen LogP contribution in [-0.2, 0) is 9.59 Å². The Bertz CT molecular complexity index is 301. The standard InChI is InChI=1S/C13H27N3O3.ClH/c1-5-10(11(17)13(19)15-6-2)16-12(18)9(14)7-8(3)4;/h8-11,17H,5-7,14H2,1-4H3,(H,15,19)(H,16,18);1H/t9-,10+,11?;/m0./s1. The molecule has 6 nitrogen and oxygen atoms in total. The summed E-state index contributed by atoms with van der Waals surface area (Å²) in [5, 5.41) is 15.0. The number of aliphatic hydroxyl groups is 1. The van der Waals surface area contributed by atoms with E-state index < -0.39 is 24.1 Å². The van der Waals surface area contributed by atoms with Crippen LogP contribution in [0.25, 0.3) is 0 Å². The van der Waals surface area contributed by atoms with E-state index in [1.54, 1.807) is 13.8 Å². The van der Waals surface area contributed by atoms with E-state index in [1.165, 1.54) is 0 Å². The summed E-state index contributed by atoms with van der Waals surface area (Å²) >= 11 is 0. The van der Waals surface area contributed by atoms with E-state index in [4.69, 9.17) is 5.73 Å². The summed E-state index contributed by atoms with van der Waals surface area (Å²) < 4.78 is 0. The van der Waals surface area contributed by atoms with Gasteiger partial charge in [-0.2, -0.15) is 0 Å². The number of nitrogens with two attached hydrogens (primary N) is 1. The van der Waals surface area contributed by atoms with Gasteiger partial charge in [0.05, 0.1) is 12.1 Å². The van der Waals surface area contributed by atoms with E-state index in [0.717, 1.165) is 0 Å². The Kier molecular flexibility index (Phi) is 11.7. The first-order valence-electron chi connectivity index (χ1n) is 6.85. The highest BCUT2D eigenvalue weighted by molar-refractivity contribution is 5.85. The minimum Gasteiger partial charge on any atom is -0.381 e. The summed E-state index contributed by atoms with van der Waals surface area (Å²) in [7, 11) is 0. The fourth-order valence-electron chi connectivity index (χ4n) is 1.77. The summed E-state index contributed by atoms with van der Waals surface area (Å²) in [5.41, 5.74) is 5.76. The van der Waals surface area contributed by atoms with Crippen LogP contribution in [0.1, 0.15) is 40.5 Å². The predicted octanol–water partition coefficient (Wildman–Crippen LogP) is 0.173. The van der Waals surface area contributed by atoms with Gasteiger partial charge >= 0.3 is 0 Å². The third-order valence-corrected chi connectivity index (χ3v) is 2.83. The van der Waals surface area contributed by atoms with Crippen molar-refractivity contribution in [2.75, 3.05) is 6.54 Å². The van der Waals surface area contributed by atoms with Crippen LogP contribution in [-0.4, -0.2) is 41.7 Å². The second kappa shape index (κ2) is 10.9. The number of nitrogens with one attached hydrogen (secondary N) is 2. The molecule has 0 aliphatic rings. The average Bonchev–Trinajstić information content (AvgIpc) is 2.34. The number of hydrogen-bond donors (Lipinski definition) is 4. The Morgan fingerprint density at radius 2 is 1.75 bits per heavy atom. The van der Waals surface area contributed by atoms with Gasteiger partial charge in [-0.15, -0.1) is 12.4 Å². The molecule has 3 atom stereocenters. The maximum Gasteiger partial charge on any atom is 0.250 e. The largest absolute Gasteiger partial charge is 0.381 e. The molecule has 0 heterocycles. The van der Waals surface area contributed by atoms with Gasteiger partial charge in [0, 0.05) is 6.54 Å².